The quantitative estimate of drug-likeness (QED) is 0.406. The van der Waals surface area contributed by atoms with Gasteiger partial charge in [0.1, 0.15) is 5.75 Å². The maximum absolute atomic E-state index is 12.4. The number of ether oxygens (including phenoxy) is 3. The van der Waals surface area contributed by atoms with Crippen LogP contribution in [0, 0.1) is 6.92 Å². The Balaban J connectivity index is 1.89. The monoisotopic (exact) mass is 428 g/mol. The molecule has 0 saturated heterocycles. The van der Waals surface area contributed by atoms with Gasteiger partial charge in [-0.15, -0.1) is 0 Å². The first-order valence-corrected chi connectivity index (χ1v) is 10.4. The van der Waals surface area contributed by atoms with Crippen LogP contribution in [0.5, 0.6) is 5.75 Å². The van der Waals surface area contributed by atoms with Crippen LogP contribution in [0.2, 0.25) is 0 Å². The number of hydrogen-bond donors (Lipinski definition) is 0. The number of benzene rings is 2. The van der Waals surface area contributed by atoms with Gasteiger partial charge in [-0.05, 0) is 49.7 Å². The minimum absolute atomic E-state index is 0.156. The van der Waals surface area contributed by atoms with E-state index >= 15 is 0 Å². The molecule has 158 valence electrons. The van der Waals surface area contributed by atoms with E-state index in [1.165, 1.54) is 18.4 Å². The molecule has 0 unspecified atom stereocenters. The highest BCUT2D eigenvalue weighted by molar-refractivity contribution is 7.16. The lowest BCUT2D eigenvalue weighted by Crippen LogP contribution is -2.21. The lowest BCUT2D eigenvalue weighted by molar-refractivity contribution is -0.120. The summed E-state index contributed by atoms with van der Waals surface area (Å²) in [5.74, 6) is -0.171. The molecular weight excluding hydrogens is 404 g/mol. The average molecular weight is 429 g/mol. The highest BCUT2D eigenvalue weighted by atomic mass is 32.1. The summed E-state index contributed by atoms with van der Waals surface area (Å²) in [5, 5.41) is 0. The van der Waals surface area contributed by atoms with Crippen molar-refractivity contribution in [2.75, 3.05) is 26.9 Å². The van der Waals surface area contributed by atoms with E-state index in [9.17, 15) is 9.59 Å². The van der Waals surface area contributed by atoms with Gasteiger partial charge in [0.25, 0.3) is 5.91 Å². The van der Waals surface area contributed by atoms with Crippen LogP contribution in [0.4, 0.5) is 0 Å². The number of esters is 1. The van der Waals surface area contributed by atoms with Crippen molar-refractivity contribution in [1.29, 1.82) is 0 Å². The number of aryl methyl sites for hydroxylation is 1. The minimum Gasteiger partial charge on any atom is -0.484 e. The normalized spacial score (nSPS) is 11.6. The first-order valence-electron chi connectivity index (χ1n) is 9.58. The van der Waals surface area contributed by atoms with E-state index in [0.717, 1.165) is 15.8 Å². The molecule has 0 aliphatic rings. The molecule has 0 fully saturated rings. The van der Waals surface area contributed by atoms with Crippen LogP contribution in [-0.2, 0) is 20.8 Å². The Bertz CT molecular complexity index is 1120. The number of nitrogens with zero attached hydrogens (tertiary/aromatic N) is 2. The van der Waals surface area contributed by atoms with Gasteiger partial charge in [0.15, 0.2) is 11.4 Å². The van der Waals surface area contributed by atoms with Crippen LogP contribution in [0.1, 0.15) is 22.8 Å². The van der Waals surface area contributed by atoms with Gasteiger partial charge in [0, 0.05) is 13.2 Å². The first kappa shape index (κ1) is 21.7. The fraction of sp³-hybridized carbons (Fsp3) is 0.318. The van der Waals surface area contributed by atoms with Gasteiger partial charge in [-0.25, -0.2) is 4.79 Å². The summed E-state index contributed by atoms with van der Waals surface area (Å²) in [7, 11) is 1.34. The summed E-state index contributed by atoms with van der Waals surface area (Å²) in [4.78, 5) is 29.1. The van der Waals surface area contributed by atoms with E-state index in [1.807, 2.05) is 42.7 Å². The molecule has 7 nitrogen and oxygen atoms in total. The van der Waals surface area contributed by atoms with E-state index < -0.39 is 5.97 Å². The van der Waals surface area contributed by atoms with E-state index in [2.05, 4.69) is 4.99 Å². The van der Waals surface area contributed by atoms with Gasteiger partial charge >= 0.3 is 5.97 Å². The summed E-state index contributed by atoms with van der Waals surface area (Å²) >= 11 is 1.33. The third-order valence-corrected chi connectivity index (χ3v) is 5.38. The largest absolute Gasteiger partial charge is 0.484 e. The zero-order valence-electron chi connectivity index (χ0n) is 17.2. The second-order valence-electron chi connectivity index (χ2n) is 6.52. The predicted octanol–water partition coefficient (Wildman–Crippen LogP) is 3.34. The molecule has 0 spiro atoms. The molecular formula is C22H24N2O5S. The molecule has 8 heteroatoms. The highest BCUT2D eigenvalue weighted by Crippen LogP contribution is 2.20. The molecule has 1 aromatic heterocycles. The Kier molecular flexibility index (Phi) is 7.37. The molecule has 0 saturated carbocycles. The second kappa shape index (κ2) is 10.2. The summed E-state index contributed by atoms with van der Waals surface area (Å²) in [6.45, 7) is 5.36. The smallest absolute Gasteiger partial charge is 0.337 e. The molecule has 0 atom stereocenters. The van der Waals surface area contributed by atoms with E-state index in [4.69, 9.17) is 14.2 Å². The zero-order valence-corrected chi connectivity index (χ0v) is 18.0. The fourth-order valence-electron chi connectivity index (χ4n) is 2.91. The first-order chi connectivity index (χ1) is 14.5. The highest BCUT2D eigenvalue weighted by Gasteiger charge is 2.12. The lowest BCUT2D eigenvalue weighted by atomic mass is 10.2. The third-order valence-electron chi connectivity index (χ3n) is 4.34. The van der Waals surface area contributed by atoms with Gasteiger partial charge < -0.3 is 18.8 Å². The van der Waals surface area contributed by atoms with Crippen LogP contribution < -0.4 is 9.54 Å². The van der Waals surface area contributed by atoms with Crippen molar-refractivity contribution < 1.29 is 23.8 Å². The predicted molar refractivity (Wildman–Crippen MR) is 115 cm³/mol. The molecule has 1 heterocycles. The van der Waals surface area contributed by atoms with Crippen LogP contribution in [-0.4, -0.2) is 43.4 Å². The molecule has 0 radical (unpaired) electrons. The number of carbonyl (C=O) groups is 2. The van der Waals surface area contributed by atoms with Crippen LogP contribution in [0.25, 0.3) is 10.2 Å². The molecule has 1 amide bonds. The SMILES string of the molecule is CCOCCn1c(=NC(=O)COc2cccc(C)c2)sc2cc(C(=O)OC)ccc21. The van der Waals surface area contributed by atoms with E-state index in [1.54, 1.807) is 18.2 Å². The maximum atomic E-state index is 12.4. The zero-order chi connectivity index (χ0) is 21.5. The van der Waals surface area contributed by atoms with Gasteiger partial charge in [0.05, 0.1) is 29.5 Å². The summed E-state index contributed by atoms with van der Waals surface area (Å²) in [5.41, 5.74) is 2.37. The molecule has 3 rings (SSSR count). The van der Waals surface area contributed by atoms with Crippen molar-refractivity contribution in [3.05, 3.63) is 58.4 Å². The Morgan fingerprint density at radius 3 is 2.73 bits per heavy atom. The van der Waals surface area contributed by atoms with E-state index in [-0.39, 0.29) is 12.5 Å². The number of aromatic nitrogens is 1. The summed E-state index contributed by atoms with van der Waals surface area (Å²) in [6, 6.07) is 12.8. The lowest BCUT2D eigenvalue weighted by Gasteiger charge is -2.06. The van der Waals surface area contributed by atoms with Crippen molar-refractivity contribution in [2.24, 2.45) is 4.99 Å². The summed E-state index contributed by atoms with van der Waals surface area (Å²) < 4.78 is 18.6. The molecule has 0 aliphatic heterocycles. The number of thiazole rings is 1. The van der Waals surface area contributed by atoms with E-state index in [0.29, 0.717) is 35.9 Å². The van der Waals surface area contributed by atoms with Gasteiger partial charge in [-0.2, -0.15) is 4.99 Å². The Hall–Kier alpha value is -2.97. The number of amides is 1. The van der Waals surface area contributed by atoms with Crippen molar-refractivity contribution in [1.82, 2.24) is 4.57 Å². The molecule has 0 aliphatic carbocycles. The van der Waals surface area contributed by atoms with Crippen molar-refractivity contribution >= 4 is 33.4 Å². The molecule has 3 aromatic rings. The Morgan fingerprint density at radius 2 is 2.00 bits per heavy atom. The average Bonchev–Trinajstić information content (AvgIpc) is 3.08. The van der Waals surface area contributed by atoms with Gasteiger partial charge in [-0.1, -0.05) is 23.5 Å². The second-order valence-corrected chi connectivity index (χ2v) is 7.53. The maximum Gasteiger partial charge on any atom is 0.337 e. The number of fused-ring (bicyclic) bond motifs is 1. The fourth-order valence-corrected chi connectivity index (χ4v) is 4.02. The van der Waals surface area contributed by atoms with Gasteiger partial charge in [0.2, 0.25) is 0 Å². The topological polar surface area (TPSA) is 79.1 Å². The van der Waals surface area contributed by atoms with Crippen molar-refractivity contribution in [3.63, 3.8) is 0 Å². The van der Waals surface area contributed by atoms with Crippen LogP contribution in [0.3, 0.4) is 0 Å². The molecule has 0 N–H and O–H groups in total. The van der Waals surface area contributed by atoms with Crippen molar-refractivity contribution in [2.45, 2.75) is 20.4 Å². The molecule has 2 aromatic carbocycles. The van der Waals surface area contributed by atoms with Crippen LogP contribution >= 0.6 is 11.3 Å². The number of methoxy groups -OCH3 is 1. The number of carbonyl (C=O) groups excluding carboxylic acids is 2. The Morgan fingerprint density at radius 1 is 1.17 bits per heavy atom. The van der Waals surface area contributed by atoms with Crippen LogP contribution in [0.15, 0.2) is 47.5 Å². The van der Waals surface area contributed by atoms with Gasteiger partial charge in [-0.3, -0.25) is 4.79 Å². The number of hydrogen-bond acceptors (Lipinski definition) is 6. The minimum atomic E-state index is -0.410. The molecule has 0 bridgehead atoms. The third kappa shape index (κ3) is 5.34. The Labute approximate surface area is 178 Å². The summed E-state index contributed by atoms with van der Waals surface area (Å²) in [6.07, 6.45) is 0. The molecule has 30 heavy (non-hydrogen) atoms. The van der Waals surface area contributed by atoms with Crippen molar-refractivity contribution in [3.8, 4) is 5.75 Å². The standard InChI is InChI=1S/C22H24N2O5S/c1-4-28-11-10-24-18-9-8-16(21(26)27-3)13-19(18)30-22(24)23-20(25)14-29-17-7-5-6-15(2)12-17/h5-9,12-13H,4,10-11,14H2,1-3H3. The number of rotatable bonds is 8.